The molecule has 1 aliphatic heterocycles. The Labute approximate surface area is 195 Å². The molecule has 1 aromatic carbocycles. The van der Waals surface area contributed by atoms with E-state index in [1.807, 2.05) is 24.6 Å². The molecule has 1 atom stereocenters. The Morgan fingerprint density at radius 3 is 2.66 bits per heavy atom. The van der Waals surface area contributed by atoms with Crippen molar-refractivity contribution in [3.63, 3.8) is 0 Å². The van der Waals surface area contributed by atoms with E-state index in [4.69, 9.17) is 12.2 Å². The maximum atomic E-state index is 13.0. The average Bonchev–Trinajstić information content (AvgIpc) is 3.43. The van der Waals surface area contributed by atoms with Gasteiger partial charge in [0.25, 0.3) is 0 Å². The van der Waals surface area contributed by atoms with Gasteiger partial charge in [0, 0.05) is 31.9 Å². The number of carbonyl (C=O) groups excluding carboxylic acids is 1. The van der Waals surface area contributed by atoms with Crippen molar-refractivity contribution in [1.29, 1.82) is 0 Å². The normalized spacial score (nSPS) is 16.7. The molecule has 0 bridgehead atoms. The number of benzene rings is 1. The van der Waals surface area contributed by atoms with Gasteiger partial charge in [0.1, 0.15) is 6.04 Å². The van der Waals surface area contributed by atoms with Crippen molar-refractivity contribution >= 4 is 45.2 Å². The second-order valence-corrected chi connectivity index (χ2v) is 10.9. The van der Waals surface area contributed by atoms with Gasteiger partial charge in [0.15, 0.2) is 10.6 Å². The van der Waals surface area contributed by atoms with E-state index >= 15 is 0 Å². The number of H-pyrrole nitrogens is 1. The Bertz CT molecular complexity index is 1260. The van der Waals surface area contributed by atoms with E-state index in [1.165, 1.54) is 21.7 Å². The lowest BCUT2D eigenvalue weighted by molar-refractivity contribution is -0.118. The van der Waals surface area contributed by atoms with Crippen molar-refractivity contribution in [3.05, 3.63) is 46.5 Å². The SMILES string of the molecule is CC(C(=O)Nc1cccc(S(=O)(=O)N2CCN(C)CC2)c1)n1c(-c2cccs2)n[nH]c1=S. The highest BCUT2D eigenvalue weighted by Crippen LogP contribution is 2.27. The fourth-order valence-corrected chi connectivity index (χ4v) is 5.99. The highest BCUT2D eigenvalue weighted by atomic mass is 32.2. The second-order valence-electron chi connectivity index (χ2n) is 7.60. The number of piperazine rings is 1. The van der Waals surface area contributed by atoms with Crippen LogP contribution in [0.3, 0.4) is 0 Å². The summed E-state index contributed by atoms with van der Waals surface area (Å²) < 4.78 is 29.5. The van der Waals surface area contributed by atoms with Crippen molar-refractivity contribution in [2.24, 2.45) is 0 Å². The van der Waals surface area contributed by atoms with E-state index in [0.717, 1.165) is 4.88 Å². The number of carbonyl (C=O) groups is 1. The molecule has 1 fully saturated rings. The van der Waals surface area contributed by atoms with E-state index < -0.39 is 16.1 Å². The van der Waals surface area contributed by atoms with Gasteiger partial charge >= 0.3 is 0 Å². The molecule has 12 heteroatoms. The molecule has 0 radical (unpaired) electrons. The highest BCUT2D eigenvalue weighted by molar-refractivity contribution is 7.89. The lowest BCUT2D eigenvalue weighted by Gasteiger charge is -2.31. The van der Waals surface area contributed by atoms with Crippen LogP contribution in [0.4, 0.5) is 5.69 Å². The molecule has 3 heterocycles. The van der Waals surface area contributed by atoms with Gasteiger partial charge in [-0.05, 0) is 55.8 Å². The molecule has 0 saturated carbocycles. The maximum Gasteiger partial charge on any atom is 0.247 e. The Morgan fingerprint density at radius 2 is 1.97 bits per heavy atom. The molecule has 3 aromatic rings. The van der Waals surface area contributed by atoms with Gasteiger partial charge in [-0.2, -0.15) is 9.40 Å². The molecule has 2 aromatic heterocycles. The van der Waals surface area contributed by atoms with Gasteiger partial charge in [0.05, 0.1) is 9.77 Å². The van der Waals surface area contributed by atoms with Crippen molar-refractivity contribution in [2.75, 3.05) is 38.5 Å². The molecule has 9 nitrogen and oxygen atoms in total. The minimum absolute atomic E-state index is 0.159. The quantitative estimate of drug-likeness (QED) is 0.513. The number of aromatic nitrogens is 3. The van der Waals surface area contributed by atoms with Crippen LogP contribution in [0.25, 0.3) is 10.7 Å². The van der Waals surface area contributed by atoms with Crippen LogP contribution in [0, 0.1) is 4.77 Å². The third-order valence-electron chi connectivity index (χ3n) is 5.41. The number of thiophene rings is 1. The number of nitrogens with one attached hydrogen (secondary N) is 2. The monoisotopic (exact) mass is 492 g/mol. The van der Waals surface area contributed by atoms with Gasteiger partial charge in [-0.25, -0.2) is 8.42 Å². The first-order chi connectivity index (χ1) is 15.3. The number of anilines is 1. The molecular weight excluding hydrogens is 468 g/mol. The topological polar surface area (TPSA) is 103 Å². The summed E-state index contributed by atoms with van der Waals surface area (Å²) in [6.45, 7) is 3.98. The Kier molecular flexibility index (Phi) is 6.58. The highest BCUT2D eigenvalue weighted by Gasteiger charge is 2.28. The summed E-state index contributed by atoms with van der Waals surface area (Å²) in [6.07, 6.45) is 0. The first kappa shape index (κ1) is 22.8. The lowest BCUT2D eigenvalue weighted by Crippen LogP contribution is -2.47. The summed E-state index contributed by atoms with van der Waals surface area (Å²) >= 11 is 6.84. The zero-order chi connectivity index (χ0) is 22.9. The van der Waals surface area contributed by atoms with Gasteiger partial charge in [-0.1, -0.05) is 12.1 Å². The number of aromatic amines is 1. The predicted octanol–water partition coefficient (Wildman–Crippen LogP) is 2.80. The molecule has 2 N–H and O–H groups in total. The first-order valence-electron chi connectivity index (χ1n) is 10.1. The van der Waals surface area contributed by atoms with Crippen LogP contribution in [-0.2, 0) is 14.8 Å². The number of amides is 1. The minimum Gasteiger partial charge on any atom is -0.324 e. The summed E-state index contributed by atoms with van der Waals surface area (Å²) in [5.41, 5.74) is 0.407. The zero-order valence-corrected chi connectivity index (χ0v) is 20.1. The molecule has 4 rings (SSSR count). The van der Waals surface area contributed by atoms with Crippen LogP contribution in [0.2, 0.25) is 0 Å². The van der Waals surface area contributed by atoms with Crippen molar-refractivity contribution in [1.82, 2.24) is 24.0 Å². The maximum absolute atomic E-state index is 13.0. The molecule has 170 valence electrons. The summed E-state index contributed by atoms with van der Waals surface area (Å²) in [7, 11) is -1.66. The number of likely N-dealkylation sites (N-methyl/N-ethyl adjacent to an activating group) is 1. The van der Waals surface area contributed by atoms with Gasteiger partial charge in [-0.15, -0.1) is 11.3 Å². The van der Waals surface area contributed by atoms with E-state index in [-0.39, 0.29) is 10.8 Å². The fraction of sp³-hybridized carbons (Fsp3) is 0.350. The van der Waals surface area contributed by atoms with Crippen LogP contribution < -0.4 is 5.32 Å². The Morgan fingerprint density at radius 1 is 1.22 bits per heavy atom. The molecule has 1 aliphatic rings. The summed E-state index contributed by atoms with van der Waals surface area (Å²) in [6, 6.07) is 9.49. The molecule has 1 saturated heterocycles. The third-order valence-corrected chi connectivity index (χ3v) is 8.46. The van der Waals surface area contributed by atoms with Crippen molar-refractivity contribution in [3.8, 4) is 10.7 Å². The molecule has 1 amide bonds. The molecule has 1 unspecified atom stereocenters. The van der Waals surface area contributed by atoms with E-state index in [2.05, 4.69) is 20.4 Å². The number of hydrogen-bond donors (Lipinski definition) is 2. The summed E-state index contributed by atoms with van der Waals surface area (Å²) in [5, 5.41) is 11.7. The van der Waals surface area contributed by atoms with Crippen LogP contribution >= 0.6 is 23.6 Å². The van der Waals surface area contributed by atoms with Gasteiger partial charge in [0.2, 0.25) is 15.9 Å². The zero-order valence-electron chi connectivity index (χ0n) is 17.7. The van der Waals surface area contributed by atoms with E-state index in [1.54, 1.807) is 29.7 Å². The fourth-order valence-electron chi connectivity index (χ4n) is 3.52. The van der Waals surface area contributed by atoms with Crippen LogP contribution in [0.5, 0.6) is 0 Å². The minimum atomic E-state index is -3.63. The van der Waals surface area contributed by atoms with Crippen LogP contribution in [0.1, 0.15) is 13.0 Å². The summed E-state index contributed by atoms with van der Waals surface area (Å²) in [5.74, 6) is 0.258. The number of hydrogen-bond acceptors (Lipinski definition) is 7. The molecule has 32 heavy (non-hydrogen) atoms. The number of rotatable bonds is 6. The van der Waals surface area contributed by atoms with Crippen molar-refractivity contribution < 1.29 is 13.2 Å². The molecule has 0 spiro atoms. The largest absolute Gasteiger partial charge is 0.324 e. The van der Waals surface area contributed by atoms with Crippen LogP contribution in [-0.4, -0.2) is 71.5 Å². The smallest absolute Gasteiger partial charge is 0.247 e. The first-order valence-corrected chi connectivity index (χ1v) is 12.8. The van der Waals surface area contributed by atoms with Gasteiger partial charge in [-0.3, -0.25) is 14.5 Å². The molecule has 0 aliphatic carbocycles. The summed E-state index contributed by atoms with van der Waals surface area (Å²) in [4.78, 5) is 16.1. The second kappa shape index (κ2) is 9.24. The standard InChI is InChI=1S/C20H24N6O3S3/c1-14(26-18(22-23-20(26)30)17-7-4-12-31-17)19(27)21-15-5-3-6-16(13-15)32(28,29)25-10-8-24(2)9-11-25/h3-7,12-14H,8-11H2,1-2H3,(H,21,27)(H,23,30). The predicted molar refractivity (Wildman–Crippen MR) is 127 cm³/mol. The van der Waals surface area contributed by atoms with E-state index in [0.29, 0.717) is 42.5 Å². The average molecular weight is 493 g/mol. The Balaban J connectivity index is 1.54. The van der Waals surface area contributed by atoms with Crippen LogP contribution in [0.15, 0.2) is 46.7 Å². The van der Waals surface area contributed by atoms with Crippen molar-refractivity contribution in [2.45, 2.75) is 17.9 Å². The van der Waals surface area contributed by atoms with Gasteiger partial charge < -0.3 is 10.2 Å². The third kappa shape index (κ3) is 4.55. The number of sulfonamides is 1. The molecular formula is C20H24N6O3S3. The Hall–Kier alpha value is -2.38. The number of nitrogens with zero attached hydrogens (tertiary/aromatic N) is 4. The van der Waals surface area contributed by atoms with E-state index in [9.17, 15) is 13.2 Å². The lowest BCUT2D eigenvalue weighted by atomic mass is 10.2.